The quantitative estimate of drug-likeness (QED) is 0.712. The summed E-state index contributed by atoms with van der Waals surface area (Å²) in [6, 6.07) is 0. The van der Waals surface area contributed by atoms with Crippen LogP contribution in [-0.2, 0) is 4.79 Å². The van der Waals surface area contributed by atoms with Crippen LogP contribution in [0.5, 0.6) is 0 Å². The molecule has 0 heterocycles. The van der Waals surface area contributed by atoms with Crippen molar-refractivity contribution in [3.05, 3.63) is 0 Å². The van der Waals surface area contributed by atoms with Gasteiger partial charge in [-0.3, -0.25) is 4.79 Å². The third-order valence-electron chi connectivity index (χ3n) is 3.17. The van der Waals surface area contributed by atoms with E-state index in [0.29, 0.717) is 0 Å². The second kappa shape index (κ2) is 4.23. The van der Waals surface area contributed by atoms with Crippen molar-refractivity contribution in [2.24, 2.45) is 5.41 Å². The summed E-state index contributed by atoms with van der Waals surface area (Å²) in [5, 5.41) is 3.29. The van der Waals surface area contributed by atoms with Crippen molar-refractivity contribution in [1.82, 2.24) is 5.32 Å². The monoisotopic (exact) mass is 185 g/mol. The molecule has 0 radical (unpaired) electrons. The molecule has 0 amide bonds. The molecule has 2 nitrogen and oxygen atoms in total. The maximum atomic E-state index is 11.3. The average molecular weight is 185 g/mol. The summed E-state index contributed by atoms with van der Waals surface area (Å²) in [4.78, 5) is 11.3. The van der Waals surface area contributed by atoms with Crippen LogP contribution >= 0.6 is 0 Å². The molecule has 2 heteroatoms. The molecule has 0 aliphatic carbocycles. The van der Waals surface area contributed by atoms with Crippen molar-refractivity contribution in [1.29, 1.82) is 0 Å². The maximum absolute atomic E-state index is 11.3. The Kier molecular flexibility index (Phi) is 4.11. The summed E-state index contributed by atoms with van der Waals surface area (Å²) in [6.07, 6.45) is 1.93. The van der Waals surface area contributed by atoms with Gasteiger partial charge in [0.2, 0.25) is 0 Å². The van der Waals surface area contributed by atoms with Crippen molar-refractivity contribution < 1.29 is 4.79 Å². The van der Waals surface area contributed by atoms with Crippen molar-refractivity contribution in [3.8, 4) is 0 Å². The van der Waals surface area contributed by atoms with E-state index in [0.717, 1.165) is 12.8 Å². The highest BCUT2D eigenvalue weighted by molar-refractivity contribution is 5.81. The van der Waals surface area contributed by atoms with Gasteiger partial charge >= 0.3 is 0 Å². The first kappa shape index (κ1) is 12.6. The van der Waals surface area contributed by atoms with Crippen molar-refractivity contribution in [2.75, 3.05) is 7.05 Å². The SMILES string of the molecule is CCC(C)(CC(C)(C)C(C)=O)NC. The van der Waals surface area contributed by atoms with Gasteiger partial charge in [-0.2, -0.15) is 0 Å². The Morgan fingerprint density at radius 1 is 1.31 bits per heavy atom. The molecule has 0 aliphatic heterocycles. The highest BCUT2D eigenvalue weighted by atomic mass is 16.1. The van der Waals surface area contributed by atoms with Crippen LogP contribution in [-0.4, -0.2) is 18.4 Å². The van der Waals surface area contributed by atoms with Crippen LogP contribution in [0.25, 0.3) is 0 Å². The molecule has 0 bridgehead atoms. The summed E-state index contributed by atoms with van der Waals surface area (Å²) in [6.45, 7) is 10.0. The summed E-state index contributed by atoms with van der Waals surface area (Å²) in [5.41, 5.74) is -0.136. The molecule has 0 saturated heterocycles. The molecule has 0 aromatic heterocycles. The lowest BCUT2D eigenvalue weighted by molar-refractivity contribution is -0.126. The summed E-state index contributed by atoms with van der Waals surface area (Å²) < 4.78 is 0. The van der Waals surface area contributed by atoms with E-state index in [4.69, 9.17) is 0 Å². The van der Waals surface area contributed by atoms with Gasteiger partial charge in [0.05, 0.1) is 0 Å². The second-order valence-electron chi connectivity index (χ2n) is 4.78. The Labute approximate surface area is 82.1 Å². The third-order valence-corrected chi connectivity index (χ3v) is 3.17. The van der Waals surface area contributed by atoms with E-state index in [1.54, 1.807) is 6.92 Å². The zero-order valence-corrected chi connectivity index (χ0v) is 9.82. The van der Waals surface area contributed by atoms with Crippen molar-refractivity contribution in [3.63, 3.8) is 0 Å². The largest absolute Gasteiger partial charge is 0.315 e. The van der Waals surface area contributed by atoms with Crippen LogP contribution in [0.1, 0.15) is 47.5 Å². The number of rotatable bonds is 5. The van der Waals surface area contributed by atoms with Crippen molar-refractivity contribution >= 4 is 5.78 Å². The molecule has 0 aromatic carbocycles. The highest BCUT2D eigenvalue weighted by Gasteiger charge is 2.32. The topological polar surface area (TPSA) is 29.1 Å². The fourth-order valence-corrected chi connectivity index (χ4v) is 1.49. The minimum absolute atomic E-state index is 0.0785. The van der Waals surface area contributed by atoms with Crippen LogP contribution in [0.3, 0.4) is 0 Å². The van der Waals surface area contributed by atoms with Crippen LogP contribution in [0, 0.1) is 5.41 Å². The highest BCUT2D eigenvalue weighted by Crippen LogP contribution is 2.30. The molecule has 0 spiro atoms. The lowest BCUT2D eigenvalue weighted by Crippen LogP contribution is -2.44. The van der Waals surface area contributed by atoms with Crippen molar-refractivity contribution in [2.45, 2.75) is 53.0 Å². The first-order valence-corrected chi connectivity index (χ1v) is 4.97. The first-order valence-electron chi connectivity index (χ1n) is 4.97. The normalized spacial score (nSPS) is 16.8. The van der Waals surface area contributed by atoms with Gasteiger partial charge in [0.25, 0.3) is 0 Å². The second-order valence-corrected chi connectivity index (χ2v) is 4.78. The Bertz CT molecular complexity index is 181. The van der Waals surface area contributed by atoms with Crippen LogP contribution in [0.4, 0.5) is 0 Å². The van der Waals surface area contributed by atoms with E-state index in [-0.39, 0.29) is 16.7 Å². The maximum Gasteiger partial charge on any atom is 0.135 e. The van der Waals surface area contributed by atoms with Gasteiger partial charge in [-0.1, -0.05) is 20.8 Å². The molecule has 1 atom stereocenters. The fraction of sp³-hybridized carbons (Fsp3) is 0.909. The number of ketones is 1. The number of nitrogens with one attached hydrogen (secondary N) is 1. The third kappa shape index (κ3) is 3.47. The van der Waals surface area contributed by atoms with E-state index in [9.17, 15) is 4.79 Å². The molecule has 78 valence electrons. The molecule has 0 rings (SSSR count). The number of carbonyl (C=O) groups excluding carboxylic acids is 1. The number of hydrogen-bond donors (Lipinski definition) is 1. The molecule has 0 aliphatic rings. The zero-order chi connectivity index (χ0) is 10.7. The number of Topliss-reactive ketones (excluding diaryl/α,β-unsaturated/α-hetero) is 1. The Hall–Kier alpha value is -0.370. The Morgan fingerprint density at radius 3 is 2.00 bits per heavy atom. The minimum Gasteiger partial charge on any atom is -0.315 e. The summed E-state index contributed by atoms with van der Waals surface area (Å²) in [7, 11) is 1.96. The molecular formula is C11H23NO. The predicted octanol–water partition coefficient (Wildman–Crippen LogP) is 2.38. The van der Waals surface area contributed by atoms with E-state index in [1.807, 2.05) is 20.9 Å². The Balaban J connectivity index is 4.48. The smallest absolute Gasteiger partial charge is 0.135 e. The van der Waals surface area contributed by atoms with E-state index in [1.165, 1.54) is 0 Å². The molecule has 0 fully saturated rings. The number of carbonyl (C=O) groups is 1. The van der Waals surface area contributed by atoms with E-state index in [2.05, 4.69) is 19.2 Å². The lowest BCUT2D eigenvalue weighted by atomic mass is 9.76. The van der Waals surface area contributed by atoms with E-state index >= 15 is 0 Å². The summed E-state index contributed by atoms with van der Waals surface area (Å²) >= 11 is 0. The fourth-order valence-electron chi connectivity index (χ4n) is 1.49. The van der Waals surface area contributed by atoms with Crippen LogP contribution in [0.2, 0.25) is 0 Å². The predicted molar refractivity (Wildman–Crippen MR) is 56.8 cm³/mol. The lowest BCUT2D eigenvalue weighted by Gasteiger charge is -2.35. The van der Waals surface area contributed by atoms with Gasteiger partial charge in [-0.15, -0.1) is 0 Å². The molecule has 1 N–H and O–H groups in total. The van der Waals surface area contributed by atoms with Gasteiger partial charge < -0.3 is 5.32 Å². The molecular weight excluding hydrogens is 162 g/mol. The van der Waals surface area contributed by atoms with Crippen LogP contribution in [0.15, 0.2) is 0 Å². The first-order chi connectivity index (χ1) is 5.77. The van der Waals surface area contributed by atoms with Gasteiger partial charge in [-0.05, 0) is 33.7 Å². The standard InChI is InChI=1S/C11H23NO/c1-7-11(5,12-6)8-10(3,4)9(2)13/h12H,7-8H2,1-6H3. The Morgan fingerprint density at radius 2 is 1.77 bits per heavy atom. The van der Waals surface area contributed by atoms with Gasteiger partial charge in [0.15, 0.2) is 0 Å². The number of hydrogen-bond acceptors (Lipinski definition) is 2. The molecule has 13 heavy (non-hydrogen) atoms. The van der Waals surface area contributed by atoms with Gasteiger partial charge in [0, 0.05) is 11.0 Å². The average Bonchev–Trinajstić information content (AvgIpc) is 2.03. The zero-order valence-electron chi connectivity index (χ0n) is 9.82. The van der Waals surface area contributed by atoms with Crippen LogP contribution < -0.4 is 5.32 Å². The van der Waals surface area contributed by atoms with Gasteiger partial charge in [-0.25, -0.2) is 0 Å². The summed E-state index contributed by atoms with van der Waals surface area (Å²) in [5.74, 6) is 0.266. The van der Waals surface area contributed by atoms with E-state index < -0.39 is 0 Å². The van der Waals surface area contributed by atoms with Gasteiger partial charge in [0.1, 0.15) is 5.78 Å². The molecule has 0 aromatic rings. The minimum atomic E-state index is -0.215. The molecule has 0 saturated carbocycles. The molecule has 1 unspecified atom stereocenters.